The molecule has 4 N–H and O–H groups in total. The van der Waals surface area contributed by atoms with Crippen LogP contribution in [0.2, 0.25) is 0 Å². The van der Waals surface area contributed by atoms with Gasteiger partial charge in [-0.1, -0.05) is 30.3 Å². The summed E-state index contributed by atoms with van der Waals surface area (Å²) in [7, 11) is 0. The van der Waals surface area contributed by atoms with Crippen molar-refractivity contribution >= 4 is 34.0 Å². The Labute approximate surface area is 127 Å². The molecule has 21 heavy (non-hydrogen) atoms. The van der Waals surface area contributed by atoms with E-state index < -0.39 is 5.91 Å². The number of hydrogen-bond acceptors (Lipinski definition) is 3. The molecule has 0 aliphatic heterocycles. The molecule has 0 bridgehead atoms. The van der Waals surface area contributed by atoms with Crippen LogP contribution in [0.3, 0.4) is 0 Å². The Balaban J connectivity index is 2.10. The first kappa shape index (κ1) is 14.8. The van der Waals surface area contributed by atoms with Gasteiger partial charge in [-0.2, -0.15) is 0 Å². The number of rotatable bonds is 3. The predicted molar refractivity (Wildman–Crippen MR) is 87.0 cm³/mol. The van der Waals surface area contributed by atoms with Crippen molar-refractivity contribution in [3.05, 3.63) is 54.6 Å². The smallest absolute Gasteiger partial charge is 0.273 e. The molecule has 0 aliphatic carbocycles. The lowest BCUT2D eigenvalue weighted by Crippen LogP contribution is -2.46. The first-order valence-electron chi connectivity index (χ1n) is 6.28. The van der Waals surface area contributed by atoms with E-state index in [1.165, 1.54) is 0 Å². The summed E-state index contributed by atoms with van der Waals surface area (Å²) in [5.74, 6) is -0.557. The van der Waals surface area contributed by atoms with E-state index >= 15 is 0 Å². The average Bonchev–Trinajstić information content (AvgIpc) is 2.49. The lowest BCUT2D eigenvalue weighted by Gasteiger charge is -2.11. The number of phenolic OH excluding ortho intramolecular Hbond substituents is 1. The number of thiocarbonyl (C=S) groups is 1. The zero-order chi connectivity index (χ0) is 15.2. The fourth-order valence-corrected chi connectivity index (χ4v) is 1.93. The Kier molecular flexibility index (Phi) is 4.73. The summed E-state index contributed by atoms with van der Waals surface area (Å²) in [6.07, 6.45) is 1.64. The van der Waals surface area contributed by atoms with Crippen molar-refractivity contribution in [2.24, 2.45) is 0 Å². The van der Waals surface area contributed by atoms with Crippen LogP contribution in [0.25, 0.3) is 10.8 Å². The quantitative estimate of drug-likeness (QED) is 0.395. The van der Waals surface area contributed by atoms with E-state index in [-0.39, 0.29) is 16.4 Å². The normalized spacial score (nSPS) is 9.90. The van der Waals surface area contributed by atoms with Gasteiger partial charge in [-0.15, -0.1) is 6.58 Å². The second-order valence-electron chi connectivity index (χ2n) is 4.29. The van der Waals surface area contributed by atoms with Crippen molar-refractivity contribution in [1.29, 1.82) is 0 Å². The van der Waals surface area contributed by atoms with Crippen molar-refractivity contribution in [3.8, 4) is 5.75 Å². The maximum Gasteiger partial charge on any atom is 0.273 e. The van der Waals surface area contributed by atoms with Gasteiger partial charge in [0.05, 0.1) is 5.56 Å². The number of aromatic hydroxyl groups is 1. The zero-order valence-electron chi connectivity index (χ0n) is 11.2. The maximum absolute atomic E-state index is 12.0. The number of carbonyl (C=O) groups excluding carboxylic acids is 1. The Morgan fingerprint density at radius 3 is 2.57 bits per heavy atom. The predicted octanol–water partition coefficient (Wildman–Crippen LogP) is 1.84. The molecular formula is C15H15N3O2S. The van der Waals surface area contributed by atoms with Crippen LogP contribution < -0.4 is 16.2 Å². The summed E-state index contributed by atoms with van der Waals surface area (Å²) in [4.78, 5) is 12.0. The first-order valence-corrected chi connectivity index (χ1v) is 6.69. The lowest BCUT2D eigenvalue weighted by molar-refractivity contribution is 0.0941. The van der Waals surface area contributed by atoms with Crippen LogP contribution in [0.4, 0.5) is 0 Å². The van der Waals surface area contributed by atoms with Gasteiger partial charge in [0.15, 0.2) is 5.11 Å². The third-order valence-corrected chi connectivity index (χ3v) is 3.05. The topological polar surface area (TPSA) is 73.4 Å². The van der Waals surface area contributed by atoms with E-state index in [0.29, 0.717) is 6.54 Å². The summed E-state index contributed by atoms with van der Waals surface area (Å²) in [6.45, 7) is 4.03. The third-order valence-electron chi connectivity index (χ3n) is 2.81. The Bertz CT molecular complexity index is 700. The van der Waals surface area contributed by atoms with Crippen LogP contribution in [0.1, 0.15) is 10.4 Å². The van der Waals surface area contributed by atoms with Crippen LogP contribution in [0.15, 0.2) is 49.1 Å². The van der Waals surface area contributed by atoms with E-state index in [1.54, 1.807) is 18.2 Å². The lowest BCUT2D eigenvalue weighted by atomic mass is 10.1. The van der Waals surface area contributed by atoms with Gasteiger partial charge in [0.25, 0.3) is 5.91 Å². The molecule has 108 valence electrons. The molecular weight excluding hydrogens is 286 g/mol. The number of hydrogen-bond donors (Lipinski definition) is 4. The van der Waals surface area contributed by atoms with Crippen molar-refractivity contribution in [1.82, 2.24) is 16.2 Å². The molecule has 6 heteroatoms. The van der Waals surface area contributed by atoms with E-state index in [9.17, 15) is 9.90 Å². The fourth-order valence-electron chi connectivity index (χ4n) is 1.80. The summed E-state index contributed by atoms with van der Waals surface area (Å²) < 4.78 is 0. The second kappa shape index (κ2) is 6.71. The molecule has 0 unspecified atom stereocenters. The summed E-state index contributed by atoms with van der Waals surface area (Å²) in [6, 6.07) is 10.7. The molecule has 0 saturated heterocycles. The van der Waals surface area contributed by atoms with Crippen molar-refractivity contribution in [3.63, 3.8) is 0 Å². The number of benzene rings is 2. The van der Waals surface area contributed by atoms with Crippen LogP contribution in [-0.4, -0.2) is 22.7 Å². The molecule has 2 aromatic carbocycles. The Hall–Kier alpha value is -2.60. The molecule has 0 radical (unpaired) electrons. The average molecular weight is 301 g/mol. The monoisotopic (exact) mass is 301 g/mol. The molecule has 1 amide bonds. The van der Waals surface area contributed by atoms with Gasteiger partial charge in [0, 0.05) is 6.54 Å². The van der Waals surface area contributed by atoms with Crippen molar-refractivity contribution < 1.29 is 9.90 Å². The molecule has 0 saturated carbocycles. The number of nitrogens with one attached hydrogen (secondary N) is 3. The van der Waals surface area contributed by atoms with Crippen LogP contribution in [0, 0.1) is 0 Å². The SMILES string of the molecule is C=CCNC(=S)NNC(=O)c1cc2ccccc2cc1O. The highest BCUT2D eigenvalue weighted by Gasteiger charge is 2.12. The third kappa shape index (κ3) is 3.70. The standard InChI is InChI=1S/C15H15N3O2S/c1-2-7-16-15(21)18-17-14(20)12-8-10-5-3-4-6-11(10)9-13(12)19/h2-6,8-9,19H,1,7H2,(H,17,20)(H2,16,18,21). The maximum atomic E-state index is 12.0. The number of fused-ring (bicyclic) bond motifs is 1. The zero-order valence-corrected chi connectivity index (χ0v) is 12.0. The van der Waals surface area contributed by atoms with Gasteiger partial charge in [-0.05, 0) is 35.1 Å². The molecule has 0 atom stereocenters. The molecule has 0 spiro atoms. The van der Waals surface area contributed by atoms with E-state index in [2.05, 4.69) is 22.7 Å². The molecule has 0 aromatic heterocycles. The summed E-state index contributed by atoms with van der Waals surface area (Å²) >= 11 is 4.95. The first-order chi connectivity index (χ1) is 10.1. The highest BCUT2D eigenvalue weighted by molar-refractivity contribution is 7.80. The molecule has 0 fully saturated rings. The fraction of sp³-hybridized carbons (Fsp3) is 0.0667. The van der Waals surface area contributed by atoms with E-state index in [1.807, 2.05) is 24.3 Å². The van der Waals surface area contributed by atoms with Gasteiger partial charge in [-0.3, -0.25) is 15.6 Å². The number of amides is 1. The minimum Gasteiger partial charge on any atom is -0.507 e. The van der Waals surface area contributed by atoms with Crippen LogP contribution in [0.5, 0.6) is 5.75 Å². The van der Waals surface area contributed by atoms with Gasteiger partial charge in [-0.25, -0.2) is 0 Å². The Morgan fingerprint density at radius 1 is 1.24 bits per heavy atom. The van der Waals surface area contributed by atoms with E-state index in [0.717, 1.165) is 10.8 Å². The minimum atomic E-state index is -0.471. The van der Waals surface area contributed by atoms with Crippen molar-refractivity contribution in [2.75, 3.05) is 6.54 Å². The van der Waals surface area contributed by atoms with Gasteiger partial charge in [0.1, 0.15) is 5.75 Å². The summed E-state index contributed by atoms with van der Waals surface area (Å²) in [5.41, 5.74) is 5.15. The highest BCUT2D eigenvalue weighted by Crippen LogP contribution is 2.24. The highest BCUT2D eigenvalue weighted by atomic mass is 32.1. The van der Waals surface area contributed by atoms with Crippen LogP contribution in [-0.2, 0) is 0 Å². The van der Waals surface area contributed by atoms with Crippen molar-refractivity contribution in [2.45, 2.75) is 0 Å². The molecule has 2 aromatic rings. The van der Waals surface area contributed by atoms with Gasteiger partial charge in [0.2, 0.25) is 0 Å². The number of carbonyl (C=O) groups is 1. The Morgan fingerprint density at radius 2 is 1.90 bits per heavy atom. The van der Waals surface area contributed by atoms with Gasteiger partial charge >= 0.3 is 0 Å². The molecule has 0 aliphatic rings. The number of phenols is 1. The largest absolute Gasteiger partial charge is 0.507 e. The molecule has 5 nitrogen and oxygen atoms in total. The molecule has 0 heterocycles. The number of hydrazine groups is 1. The van der Waals surface area contributed by atoms with Crippen LogP contribution >= 0.6 is 12.2 Å². The second-order valence-corrected chi connectivity index (χ2v) is 4.70. The van der Waals surface area contributed by atoms with E-state index in [4.69, 9.17) is 12.2 Å². The molecule has 2 rings (SSSR count). The van der Waals surface area contributed by atoms with Gasteiger partial charge < -0.3 is 10.4 Å². The summed E-state index contributed by atoms with van der Waals surface area (Å²) in [5, 5.41) is 14.7. The minimum absolute atomic E-state index is 0.0852.